The van der Waals surface area contributed by atoms with Crippen molar-refractivity contribution in [3.8, 4) is 16.9 Å². The van der Waals surface area contributed by atoms with Gasteiger partial charge < -0.3 is 25.6 Å². The van der Waals surface area contributed by atoms with Crippen molar-refractivity contribution in [2.24, 2.45) is 5.92 Å². The number of ether oxygens (including phenoxy) is 1. The SMILES string of the molecule is CC(CCNC(=O)OCC1c2ccccc2-c2ccccc21)C(=O)Nc1ccc(C(=O)O)c(O)c1. The number of benzene rings is 3. The lowest BCUT2D eigenvalue weighted by Crippen LogP contribution is -2.30. The zero-order valence-corrected chi connectivity index (χ0v) is 19.2. The van der Waals surface area contributed by atoms with E-state index in [9.17, 15) is 19.5 Å². The summed E-state index contributed by atoms with van der Waals surface area (Å²) in [5.74, 6) is -2.47. The Morgan fingerprint density at radius 2 is 1.60 bits per heavy atom. The molecule has 2 amide bonds. The van der Waals surface area contributed by atoms with Gasteiger partial charge in [0.25, 0.3) is 0 Å². The van der Waals surface area contributed by atoms with Gasteiger partial charge in [0.1, 0.15) is 17.9 Å². The number of aromatic hydroxyl groups is 1. The van der Waals surface area contributed by atoms with E-state index in [2.05, 4.69) is 34.9 Å². The summed E-state index contributed by atoms with van der Waals surface area (Å²) in [7, 11) is 0. The van der Waals surface area contributed by atoms with E-state index in [4.69, 9.17) is 9.84 Å². The Hall–Kier alpha value is -4.33. The molecule has 0 radical (unpaired) electrons. The molecule has 4 N–H and O–H groups in total. The standard InChI is InChI=1S/C27H26N2O6/c1-16(25(31)29-17-10-11-22(26(32)33)24(30)14-17)12-13-28-27(34)35-15-23-20-8-4-2-6-18(20)19-7-3-5-9-21(19)23/h2-11,14,16,23,30H,12-13,15H2,1H3,(H,28,34)(H,29,31)(H,32,33). The first-order valence-electron chi connectivity index (χ1n) is 11.3. The van der Waals surface area contributed by atoms with Crippen molar-refractivity contribution in [1.29, 1.82) is 0 Å². The predicted octanol–water partition coefficient (Wildman–Crippen LogP) is 4.59. The molecule has 0 bridgehead atoms. The largest absolute Gasteiger partial charge is 0.507 e. The molecule has 1 aliphatic carbocycles. The van der Waals surface area contributed by atoms with Crippen LogP contribution in [0.15, 0.2) is 66.7 Å². The fraction of sp³-hybridized carbons (Fsp3) is 0.222. The van der Waals surface area contributed by atoms with E-state index in [1.54, 1.807) is 6.92 Å². The molecule has 0 spiro atoms. The van der Waals surface area contributed by atoms with Gasteiger partial charge >= 0.3 is 12.1 Å². The Labute approximate surface area is 202 Å². The van der Waals surface area contributed by atoms with E-state index < -0.39 is 23.7 Å². The lowest BCUT2D eigenvalue weighted by molar-refractivity contribution is -0.119. The summed E-state index contributed by atoms with van der Waals surface area (Å²) in [5.41, 5.74) is 4.62. The van der Waals surface area contributed by atoms with Gasteiger partial charge in [0.05, 0.1) is 0 Å². The summed E-state index contributed by atoms with van der Waals surface area (Å²) in [4.78, 5) is 35.7. The summed E-state index contributed by atoms with van der Waals surface area (Å²) in [6, 6.07) is 20.0. The van der Waals surface area contributed by atoms with Crippen LogP contribution >= 0.6 is 0 Å². The van der Waals surface area contributed by atoms with Crippen molar-refractivity contribution < 1.29 is 29.3 Å². The molecule has 180 valence electrons. The minimum atomic E-state index is -1.26. The van der Waals surface area contributed by atoms with Gasteiger partial charge in [-0.05, 0) is 40.8 Å². The summed E-state index contributed by atoms with van der Waals surface area (Å²) >= 11 is 0. The van der Waals surface area contributed by atoms with E-state index in [0.717, 1.165) is 22.3 Å². The summed E-state index contributed by atoms with van der Waals surface area (Å²) in [6.45, 7) is 2.17. The number of aromatic carboxylic acids is 1. The zero-order valence-electron chi connectivity index (χ0n) is 19.2. The maximum Gasteiger partial charge on any atom is 0.407 e. The molecule has 3 aromatic rings. The molecule has 0 fully saturated rings. The van der Waals surface area contributed by atoms with Gasteiger partial charge in [-0.15, -0.1) is 0 Å². The minimum Gasteiger partial charge on any atom is -0.507 e. The minimum absolute atomic E-state index is 0.0261. The number of hydrogen-bond acceptors (Lipinski definition) is 5. The van der Waals surface area contributed by atoms with E-state index in [1.165, 1.54) is 18.2 Å². The highest BCUT2D eigenvalue weighted by molar-refractivity contribution is 5.95. The van der Waals surface area contributed by atoms with Crippen molar-refractivity contribution in [3.05, 3.63) is 83.4 Å². The van der Waals surface area contributed by atoms with E-state index in [0.29, 0.717) is 6.42 Å². The molecular formula is C27H26N2O6. The first-order valence-corrected chi connectivity index (χ1v) is 11.3. The second kappa shape index (κ2) is 10.3. The summed E-state index contributed by atoms with van der Waals surface area (Å²) in [6.07, 6.45) is -0.177. The summed E-state index contributed by atoms with van der Waals surface area (Å²) < 4.78 is 5.49. The molecule has 8 nitrogen and oxygen atoms in total. The normalized spacial score (nSPS) is 12.8. The second-order valence-electron chi connectivity index (χ2n) is 8.47. The van der Waals surface area contributed by atoms with Crippen LogP contribution in [0.3, 0.4) is 0 Å². The fourth-order valence-electron chi connectivity index (χ4n) is 4.23. The van der Waals surface area contributed by atoms with Gasteiger partial charge in [-0.1, -0.05) is 55.5 Å². The number of carboxylic acids is 1. The number of nitrogens with one attached hydrogen (secondary N) is 2. The van der Waals surface area contributed by atoms with Crippen LogP contribution in [0.25, 0.3) is 11.1 Å². The molecule has 0 aromatic heterocycles. The Balaban J connectivity index is 1.24. The first-order chi connectivity index (χ1) is 16.8. The number of amides is 2. The quantitative estimate of drug-likeness (QED) is 0.378. The average Bonchev–Trinajstić information content (AvgIpc) is 3.16. The highest BCUT2D eigenvalue weighted by atomic mass is 16.5. The van der Waals surface area contributed by atoms with Crippen molar-refractivity contribution >= 4 is 23.7 Å². The molecule has 1 unspecified atom stereocenters. The fourth-order valence-corrected chi connectivity index (χ4v) is 4.23. The Morgan fingerprint density at radius 3 is 2.20 bits per heavy atom. The van der Waals surface area contributed by atoms with E-state index >= 15 is 0 Å². The van der Waals surface area contributed by atoms with Crippen LogP contribution in [-0.2, 0) is 9.53 Å². The molecule has 3 aromatic carbocycles. The van der Waals surface area contributed by atoms with Gasteiger partial charge in [0.2, 0.25) is 5.91 Å². The van der Waals surface area contributed by atoms with Crippen molar-refractivity contribution in [1.82, 2.24) is 5.32 Å². The van der Waals surface area contributed by atoms with Crippen LogP contribution in [0.4, 0.5) is 10.5 Å². The van der Waals surface area contributed by atoms with Gasteiger partial charge in [-0.25, -0.2) is 9.59 Å². The maximum absolute atomic E-state index is 12.4. The Morgan fingerprint density at radius 1 is 0.971 bits per heavy atom. The topological polar surface area (TPSA) is 125 Å². The highest BCUT2D eigenvalue weighted by Crippen LogP contribution is 2.44. The van der Waals surface area contributed by atoms with Crippen LogP contribution < -0.4 is 10.6 Å². The van der Waals surface area contributed by atoms with Crippen molar-refractivity contribution in [2.75, 3.05) is 18.5 Å². The maximum atomic E-state index is 12.4. The number of rotatable bonds is 8. The molecule has 0 saturated heterocycles. The Bertz CT molecular complexity index is 1230. The molecule has 0 saturated carbocycles. The van der Waals surface area contributed by atoms with Gasteiger partial charge in [0.15, 0.2) is 0 Å². The van der Waals surface area contributed by atoms with E-state index in [-0.39, 0.29) is 36.2 Å². The smallest absolute Gasteiger partial charge is 0.407 e. The molecule has 1 aliphatic rings. The highest BCUT2D eigenvalue weighted by Gasteiger charge is 2.29. The number of hydrogen-bond donors (Lipinski definition) is 4. The molecule has 8 heteroatoms. The lowest BCUT2D eigenvalue weighted by Gasteiger charge is -2.16. The molecule has 4 rings (SSSR count). The second-order valence-corrected chi connectivity index (χ2v) is 8.47. The van der Waals surface area contributed by atoms with Gasteiger partial charge in [-0.2, -0.15) is 0 Å². The third-order valence-electron chi connectivity index (χ3n) is 6.13. The van der Waals surface area contributed by atoms with Gasteiger partial charge in [-0.3, -0.25) is 4.79 Å². The predicted molar refractivity (Wildman–Crippen MR) is 131 cm³/mol. The number of anilines is 1. The lowest BCUT2D eigenvalue weighted by atomic mass is 9.98. The molecule has 0 aliphatic heterocycles. The number of alkyl carbamates (subject to hydrolysis) is 1. The van der Waals surface area contributed by atoms with Gasteiger partial charge in [0, 0.05) is 30.1 Å². The number of carbonyl (C=O) groups excluding carboxylic acids is 2. The van der Waals surface area contributed by atoms with Crippen LogP contribution in [-0.4, -0.2) is 41.3 Å². The van der Waals surface area contributed by atoms with Crippen LogP contribution in [0.2, 0.25) is 0 Å². The zero-order chi connectivity index (χ0) is 24.9. The summed E-state index contributed by atoms with van der Waals surface area (Å²) in [5, 5.41) is 24.0. The number of carbonyl (C=O) groups is 3. The number of phenols is 1. The van der Waals surface area contributed by atoms with Crippen LogP contribution in [0, 0.1) is 5.92 Å². The Kier molecular flexibility index (Phi) is 7.01. The monoisotopic (exact) mass is 474 g/mol. The van der Waals surface area contributed by atoms with Crippen LogP contribution in [0.5, 0.6) is 5.75 Å². The molecule has 35 heavy (non-hydrogen) atoms. The van der Waals surface area contributed by atoms with Crippen molar-refractivity contribution in [3.63, 3.8) is 0 Å². The number of carboxylic acid groups (broad SMARTS) is 1. The van der Waals surface area contributed by atoms with Crippen LogP contribution in [0.1, 0.15) is 40.7 Å². The van der Waals surface area contributed by atoms with Crippen molar-refractivity contribution in [2.45, 2.75) is 19.3 Å². The first kappa shape index (κ1) is 23.8. The molecule has 1 atom stereocenters. The number of fused-ring (bicyclic) bond motifs is 3. The molecular weight excluding hydrogens is 448 g/mol. The average molecular weight is 475 g/mol. The van der Waals surface area contributed by atoms with E-state index in [1.807, 2.05) is 24.3 Å². The molecule has 0 heterocycles. The third-order valence-corrected chi connectivity index (χ3v) is 6.13. The third kappa shape index (κ3) is 5.27.